The van der Waals surface area contributed by atoms with Gasteiger partial charge in [-0.3, -0.25) is 0 Å². The molecule has 0 spiro atoms. The fourth-order valence-corrected chi connectivity index (χ4v) is 0. The van der Waals surface area contributed by atoms with E-state index in [0.29, 0.717) is 0 Å². The predicted octanol–water partition coefficient (Wildman–Crippen LogP) is -8.79. The molecule has 0 saturated heterocycles. The Labute approximate surface area is 284 Å². The van der Waals surface area contributed by atoms with Crippen LogP contribution in [0.25, 0.3) is 0 Å². The summed E-state index contributed by atoms with van der Waals surface area (Å²) in [6.07, 6.45) is 0. The van der Waals surface area contributed by atoms with Crippen LogP contribution < -0.4 is 154 Å². The summed E-state index contributed by atoms with van der Waals surface area (Å²) in [5.41, 5.74) is 0. The first-order valence-electron chi connectivity index (χ1n) is 1.34. The zero-order chi connectivity index (χ0) is 12.0. The predicted molar refractivity (Wildman–Crippen MR) is 35.6 cm³/mol. The van der Waals surface area contributed by atoms with Crippen LogP contribution in [-0.2, 0) is 17.1 Å². The minimum atomic E-state index is 0. The van der Waals surface area contributed by atoms with Gasteiger partial charge in [0.1, 0.15) is 0 Å². The van der Waals surface area contributed by atoms with Gasteiger partial charge in [0.15, 0.2) is 0 Å². The van der Waals surface area contributed by atoms with Gasteiger partial charge in [-0.05, 0) is 0 Å². The van der Waals surface area contributed by atoms with Gasteiger partial charge in [-0.2, -0.15) is 0 Å². The van der Waals surface area contributed by atoms with E-state index in [1.165, 1.54) is 0 Å². The van der Waals surface area contributed by atoms with Gasteiger partial charge in [0.05, 0.1) is 0 Å². The van der Waals surface area contributed by atoms with Crippen molar-refractivity contribution in [3.8, 4) is 0 Å². The molecular weight excluding hydrogens is 368 g/mol. The molecule has 0 aromatic heterocycles. The molecule has 0 N–H and O–H groups in total. The van der Waals surface area contributed by atoms with Crippen LogP contribution in [0.2, 0.25) is 0 Å². The summed E-state index contributed by atoms with van der Waals surface area (Å²) in [4.78, 5) is 0. The van der Waals surface area contributed by atoms with E-state index in [2.05, 4.69) is 0 Å². The Bertz CT molecular complexity index is 106. The van der Waals surface area contributed by atoms with Crippen LogP contribution in [0.15, 0.2) is 0 Å². The summed E-state index contributed by atoms with van der Waals surface area (Å²) in [5, 5.41) is 37.5. The van der Waals surface area contributed by atoms with E-state index in [9.17, 15) is 0 Å². The van der Waals surface area contributed by atoms with Gasteiger partial charge in [0.25, 0.3) is 0 Å². The Morgan fingerprint density at radius 1 is 0.353 bits per heavy atom. The van der Waals surface area contributed by atoms with Crippen molar-refractivity contribution < 1.29 is 171 Å². The van der Waals surface area contributed by atoms with Crippen LogP contribution in [0.3, 0.4) is 0 Å². The van der Waals surface area contributed by atoms with Crippen LogP contribution in [0, 0.1) is 71.0 Å². The van der Waals surface area contributed by atoms with Crippen molar-refractivity contribution in [2.45, 2.75) is 0 Å². The number of hydrogen-bond donors (Lipinski definition) is 0. The third-order valence-corrected chi connectivity index (χ3v) is 0. The molecule has 0 aliphatic carbocycles. The first-order chi connectivity index (χ1) is 6.00. The van der Waals surface area contributed by atoms with E-state index in [1.54, 1.807) is 0 Å². The van der Waals surface area contributed by atoms with Crippen LogP contribution in [0.1, 0.15) is 0 Å². The number of rotatable bonds is 0. The quantitative estimate of drug-likeness (QED) is 0.307. The van der Waals surface area contributed by atoms with Gasteiger partial charge in [-0.1, -0.05) is 0 Å². The van der Waals surface area contributed by atoms with E-state index >= 15 is 0 Å². The summed E-state index contributed by atoms with van der Waals surface area (Å²) >= 11 is 0. The molecule has 0 atom stereocenters. The largest absolute Gasteiger partial charge is 1.00 e. The van der Waals surface area contributed by atoms with E-state index in [1.807, 2.05) is 0 Å². The third kappa shape index (κ3) is 404. The molecule has 1 radical (unpaired) electrons. The maximum Gasteiger partial charge on any atom is 1.00 e. The fourth-order valence-electron chi connectivity index (χ4n) is 0. The van der Waals surface area contributed by atoms with Crippen molar-refractivity contribution in [1.82, 2.24) is 0 Å². The van der Waals surface area contributed by atoms with Crippen molar-refractivity contribution in [1.29, 1.82) is 31.6 Å². The molecule has 0 amide bonds. The minimum absolute atomic E-state index is 0. The van der Waals surface area contributed by atoms with Gasteiger partial charge < -0.3 is 71.0 Å². The van der Waals surface area contributed by atoms with Gasteiger partial charge in [0.2, 0.25) is 0 Å². The number of hydrogen-bond acceptors (Lipinski definition) is 6. The van der Waals surface area contributed by atoms with E-state index in [0.717, 1.165) is 0 Å². The molecular formula is C6FeK4N6-3. The van der Waals surface area contributed by atoms with E-state index < -0.39 is 0 Å². The fraction of sp³-hybridized carbons (Fsp3) is 0. The normalized spacial score (nSPS) is 0.706. The minimum Gasteiger partial charge on any atom is -0.512 e. The summed E-state index contributed by atoms with van der Waals surface area (Å²) < 4.78 is 0. The smallest absolute Gasteiger partial charge is 0.512 e. The van der Waals surface area contributed by atoms with Gasteiger partial charge >= 0.3 is 154 Å². The molecule has 0 rings (SSSR count). The molecule has 0 bridgehead atoms. The average Bonchev–Trinajstić information content (AvgIpc) is 2.33. The summed E-state index contributed by atoms with van der Waals surface area (Å²) in [5.74, 6) is 0. The molecule has 17 heavy (non-hydrogen) atoms. The number of nitrogens with zero attached hydrogens (tertiary/aromatic N) is 6. The zero-order valence-corrected chi connectivity index (χ0v) is 23.6. The second kappa shape index (κ2) is 450. The molecule has 0 aromatic carbocycles. The van der Waals surface area contributed by atoms with Crippen molar-refractivity contribution in [2.75, 3.05) is 0 Å². The maximum absolute atomic E-state index is 6.25. The van der Waals surface area contributed by atoms with Crippen LogP contribution in [0.5, 0.6) is 0 Å². The first-order valence-corrected chi connectivity index (χ1v) is 1.34. The standard InChI is InChI=1S/6CN.Fe.4K/c6*1-2;;;;;/q6*-1;;;3*+1. The van der Waals surface area contributed by atoms with Crippen molar-refractivity contribution >= 4 is 51.4 Å². The van der Waals surface area contributed by atoms with Gasteiger partial charge in [-0.15, -0.1) is 0 Å². The van der Waals surface area contributed by atoms with Crippen LogP contribution in [0.4, 0.5) is 0 Å². The zero-order valence-electron chi connectivity index (χ0n) is 10.0. The summed E-state index contributed by atoms with van der Waals surface area (Å²) in [6, 6.07) is 0. The Morgan fingerprint density at radius 3 is 0.353 bits per heavy atom. The molecule has 6 nitrogen and oxygen atoms in total. The molecule has 69 valence electrons. The van der Waals surface area contributed by atoms with Crippen LogP contribution in [-0.4, -0.2) is 51.4 Å². The Kier molecular flexibility index (Phi) is 2230. The third-order valence-electron chi connectivity index (χ3n) is 0. The molecule has 0 aliphatic heterocycles. The summed E-state index contributed by atoms with van der Waals surface area (Å²) in [7, 11) is 0. The molecule has 0 aromatic rings. The maximum atomic E-state index is 6.25. The second-order valence-electron chi connectivity index (χ2n) is 0. The van der Waals surface area contributed by atoms with Crippen molar-refractivity contribution in [3.63, 3.8) is 0 Å². The average molecular weight is 368 g/mol. The molecule has 0 fully saturated rings. The molecule has 0 unspecified atom stereocenters. The molecule has 0 heterocycles. The molecule has 0 aliphatic rings. The Hall–Kier alpha value is 4.00. The van der Waals surface area contributed by atoms with Gasteiger partial charge in [-0.25, -0.2) is 0 Å². The summed E-state index contributed by atoms with van der Waals surface area (Å²) in [6.45, 7) is 28.5. The molecule has 11 heteroatoms. The topological polar surface area (TPSA) is 143 Å². The van der Waals surface area contributed by atoms with Crippen molar-refractivity contribution in [2.24, 2.45) is 0 Å². The van der Waals surface area contributed by atoms with Gasteiger partial charge in [0, 0.05) is 68.5 Å². The van der Waals surface area contributed by atoms with Crippen LogP contribution >= 0.6 is 0 Å². The van der Waals surface area contributed by atoms with E-state index in [4.69, 9.17) is 71.0 Å². The van der Waals surface area contributed by atoms with Crippen molar-refractivity contribution in [3.05, 3.63) is 39.4 Å². The SMILES string of the molecule is [C-]#N.[C-]#N.[C-]#N.[C-]#N.[C-]#N.[C-]#N.[Fe].[K+].[K+].[K+].[K]. The first kappa shape index (κ1) is 84.0. The Morgan fingerprint density at radius 2 is 0.353 bits per heavy atom. The monoisotopic (exact) mass is 368 g/mol. The van der Waals surface area contributed by atoms with E-state index in [-0.39, 0.29) is 223 Å². The second-order valence-corrected chi connectivity index (χ2v) is 0. The Balaban J connectivity index is -0.00000000267. The molecule has 0 saturated carbocycles.